The molecule has 0 aromatic rings. The molecule has 0 unspecified atom stereocenters. The van der Waals surface area contributed by atoms with Gasteiger partial charge in [0.05, 0.1) is 6.61 Å². The van der Waals surface area contributed by atoms with Crippen LogP contribution in [0.4, 0.5) is 0 Å². The molecule has 0 aromatic heterocycles. The van der Waals surface area contributed by atoms with Crippen molar-refractivity contribution in [3.05, 3.63) is 0 Å². The number of hydrogen-bond acceptors (Lipinski definition) is 2. The van der Waals surface area contributed by atoms with E-state index in [0.29, 0.717) is 6.54 Å². The number of aliphatic hydroxyl groups is 1. The summed E-state index contributed by atoms with van der Waals surface area (Å²) in [4.78, 5) is 0. The second kappa shape index (κ2) is 8.83. The maximum Gasteiger partial charge on any atom is 0.0553 e. The summed E-state index contributed by atoms with van der Waals surface area (Å²) in [7, 11) is 0. The van der Waals surface area contributed by atoms with E-state index >= 15 is 0 Å². The molecule has 0 rings (SSSR count). The molecule has 0 heterocycles. The molecule has 3 N–H and O–H groups in total. The van der Waals surface area contributed by atoms with E-state index in [1.165, 1.54) is 0 Å². The van der Waals surface area contributed by atoms with E-state index in [1.54, 1.807) is 0 Å². The maximum atomic E-state index is 7.75. The zero-order valence-corrected chi connectivity index (χ0v) is 3.81. The zero-order valence-electron chi connectivity index (χ0n) is 2.77. The van der Waals surface area contributed by atoms with E-state index < -0.39 is 0 Å². The van der Waals surface area contributed by atoms with E-state index in [-0.39, 0.29) is 23.4 Å². The van der Waals surface area contributed by atoms with Gasteiger partial charge in [0, 0.05) is 23.3 Å². The predicted octanol–water partition coefficient (Wildman–Crippen LogP) is -1.07. The molecule has 0 bridgehead atoms. The van der Waals surface area contributed by atoms with Crippen LogP contribution in [0.1, 0.15) is 0 Å². The van der Waals surface area contributed by atoms with Crippen molar-refractivity contribution in [2.24, 2.45) is 5.73 Å². The first-order valence-corrected chi connectivity index (χ1v) is 1.22. The number of nitrogens with two attached hydrogens (primary N) is 1. The summed E-state index contributed by atoms with van der Waals surface area (Å²) in [6.07, 6.45) is 0. The van der Waals surface area contributed by atoms with Crippen molar-refractivity contribution < 1.29 is 21.9 Å². The predicted molar refractivity (Wildman–Crippen MR) is 16.1 cm³/mol. The van der Waals surface area contributed by atoms with Crippen LogP contribution in [0.3, 0.4) is 0 Å². The third-order valence-corrected chi connectivity index (χ3v) is 0.129. The smallest absolute Gasteiger partial charge is 0.0553 e. The van der Waals surface area contributed by atoms with Crippen molar-refractivity contribution >= 4 is 0 Å². The summed E-state index contributed by atoms with van der Waals surface area (Å²) >= 11 is 0. The summed E-state index contributed by atoms with van der Waals surface area (Å²) in [6.45, 7) is 0.472. The Morgan fingerprint density at radius 3 is 1.80 bits per heavy atom. The second-order valence-electron chi connectivity index (χ2n) is 0.512. The molecule has 0 aliphatic carbocycles. The summed E-state index contributed by atoms with van der Waals surface area (Å²) in [5, 5.41) is 7.75. The van der Waals surface area contributed by atoms with Gasteiger partial charge in [0.1, 0.15) is 0 Å². The first kappa shape index (κ1) is 9.06. The van der Waals surface area contributed by atoms with Crippen molar-refractivity contribution in [2.45, 2.75) is 0 Å². The molecule has 0 aromatic carbocycles. The molecular formula is C2H7CoNO. The van der Waals surface area contributed by atoms with Crippen LogP contribution in [0.5, 0.6) is 0 Å². The maximum absolute atomic E-state index is 7.75. The van der Waals surface area contributed by atoms with Crippen LogP contribution in [-0.2, 0) is 16.8 Å². The minimum absolute atomic E-state index is 0. The Kier molecular flexibility index (Phi) is 16.0. The third-order valence-electron chi connectivity index (χ3n) is 0.129. The van der Waals surface area contributed by atoms with Gasteiger partial charge in [-0.3, -0.25) is 0 Å². The van der Waals surface area contributed by atoms with Crippen LogP contribution in [0.2, 0.25) is 0 Å². The fraction of sp³-hybridized carbons (Fsp3) is 1.00. The number of rotatable bonds is 1. The van der Waals surface area contributed by atoms with E-state index in [2.05, 4.69) is 0 Å². The molecule has 0 amide bonds. The minimum atomic E-state index is 0. The quantitative estimate of drug-likeness (QED) is 0.463. The van der Waals surface area contributed by atoms with Crippen LogP contribution in [0.25, 0.3) is 0 Å². The Balaban J connectivity index is 0. The summed E-state index contributed by atoms with van der Waals surface area (Å²) in [6, 6.07) is 0. The Morgan fingerprint density at radius 1 is 1.60 bits per heavy atom. The van der Waals surface area contributed by atoms with Gasteiger partial charge in [0.15, 0.2) is 0 Å². The van der Waals surface area contributed by atoms with Crippen molar-refractivity contribution in [2.75, 3.05) is 13.2 Å². The van der Waals surface area contributed by atoms with Crippen LogP contribution < -0.4 is 5.73 Å². The molecule has 0 atom stereocenters. The topological polar surface area (TPSA) is 46.2 Å². The Labute approximate surface area is 41.6 Å². The van der Waals surface area contributed by atoms with Crippen LogP contribution in [0, 0.1) is 0 Å². The summed E-state index contributed by atoms with van der Waals surface area (Å²) < 4.78 is 0. The fourth-order valence-electron chi connectivity index (χ4n) is 0. The molecule has 0 spiro atoms. The zero-order chi connectivity index (χ0) is 3.41. The van der Waals surface area contributed by atoms with Gasteiger partial charge in [0.2, 0.25) is 0 Å². The van der Waals surface area contributed by atoms with Gasteiger partial charge in [-0.1, -0.05) is 0 Å². The molecule has 0 saturated heterocycles. The van der Waals surface area contributed by atoms with Crippen molar-refractivity contribution in [1.82, 2.24) is 0 Å². The molecule has 5 heavy (non-hydrogen) atoms. The second-order valence-corrected chi connectivity index (χ2v) is 0.512. The fourth-order valence-corrected chi connectivity index (χ4v) is 0. The van der Waals surface area contributed by atoms with E-state index in [1.807, 2.05) is 0 Å². The summed E-state index contributed by atoms with van der Waals surface area (Å²) in [5.41, 5.74) is 4.78. The van der Waals surface area contributed by atoms with Crippen molar-refractivity contribution in [1.29, 1.82) is 0 Å². The van der Waals surface area contributed by atoms with Gasteiger partial charge in [-0.05, 0) is 0 Å². The van der Waals surface area contributed by atoms with Gasteiger partial charge in [-0.25, -0.2) is 0 Å². The summed E-state index contributed by atoms with van der Waals surface area (Å²) in [5.74, 6) is 0. The third kappa shape index (κ3) is 12.8. The Bertz CT molecular complexity index is 11.6. The first-order chi connectivity index (χ1) is 1.91. The first-order valence-electron chi connectivity index (χ1n) is 1.22. The SMILES string of the molecule is NCCO.[Co]. The van der Waals surface area contributed by atoms with E-state index in [9.17, 15) is 0 Å². The standard InChI is InChI=1S/C2H7NO.Co/c3-1-2-4;/h4H,1-3H2;. The average Bonchev–Trinajstić information content (AvgIpc) is 1.37. The largest absolute Gasteiger partial charge is 0.395 e. The molecule has 0 saturated carbocycles. The van der Waals surface area contributed by atoms with E-state index in [0.717, 1.165) is 0 Å². The Morgan fingerprint density at radius 2 is 1.80 bits per heavy atom. The van der Waals surface area contributed by atoms with Crippen molar-refractivity contribution in [3.63, 3.8) is 0 Å². The van der Waals surface area contributed by atoms with Crippen LogP contribution >= 0.6 is 0 Å². The van der Waals surface area contributed by atoms with Gasteiger partial charge >= 0.3 is 0 Å². The normalized spacial score (nSPS) is 6.00. The van der Waals surface area contributed by atoms with Gasteiger partial charge < -0.3 is 10.8 Å². The van der Waals surface area contributed by atoms with E-state index in [4.69, 9.17) is 10.8 Å². The van der Waals surface area contributed by atoms with Gasteiger partial charge in [-0.2, -0.15) is 0 Å². The molecule has 0 aliphatic heterocycles. The average molecular weight is 120 g/mol. The van der Waals surface area contributed by atoms with Gasteiger partial charge in [0.25, 0.3) is 0 Å². The monoisotopic (exact) mass is 120 g/mol. The van der Waals surface area contributed by atoms with Crippen LogP contribution in [-0.4, -0.2) is 18.3 Å². The molecule has 3 heteroatoms. The molecule has 35 valence electrons. The minimum Gasteiger partial charge on any atom is -0.395 e. The molecule has 2 nitrogen and oxygen atoms in total. The molecule has 0 aliphatic rings. The molecule has 1 radical (unpaired) electrons. The number of hydrogen-bond donors (Lipinski definition) is 2. The van der Waals surface area contributed by atoms with Crippen LogP contribution in [0.15, 0.2) is 0 Å². The van der Waals surface area contributed by atoms with Gasteiger partial charge in [-0.15, -0.1) is 0 Å². The van der Waals surface area contributed by atoms with Crippen molar-refractivity contribution in [3.8, 4) is 0 Å². The number of aliphatic hydroxyl groups excluding tert-OH is 1. The molecule has 0 fully saturated rings. The Hall–Kier alpha value is 0.426. The molecular weight excluding hydrogens is 113 g/mol.